The summed E-state index contributed by atoms with van der Waals surface area (Å²) in [4.78, 5) is 16.4. The predicted molar refractivity (Wildman–Crippen MR) is 113 cm³/mol. The molecule has 3 rings (SSSR count). The standard InChI is InChI=1S/C24H21N3O2/c1-5-20-22(26-3)21(23(27(20)4)24(28)29-6-2)17-13-11-16(12-14-17)19-10-8-7-9-18(19)15-25/h7-14H,5-6H2,1-2,4H3. The molecule has 144 valence electrons. The van der Waals surface area contributed by atoms with E-state index >= 15 is 0 Å². The topological polar surface area (TPSA) is 59.4 Å². The Labute approximate surface area is 170 Å². The van der Waals surface area contributed by atoms with Crippen molar-refractivity contribution < 1.29 is 9.53 Å². The molecule has 2 aromatic carbocycles. The molecular formula is C24H21N3O2. The van der Waals surface area contributed by atoms with Crippen LogP contribution in [0.1, 0.15) is 35.6 Å². The van der Waals surface area contributed by atoms with Crippen molar-refractivity contribution in [2.75, 3.05) is 6.61 Å². The van der Waals surface area contributed by atoms with Gasteiger partial charge in [0.25, 0.3) is 0 Å². The molecule has 0 amide bonds. The van der Waals surface area contributed by atoms with Crippen LogP contribution in [0.2, 0.25) is 0 Å². The maximum absolute atomic E-state index is 12.6. The van der Waals surface area contributed by atoms with Gasteiger partial charge in [-0.15, -0.1) is 0 Å². The Morgan fingerprint density at radius 2 is 1.79 bits per heavy atom. The van der Waals surface area contributed by atoms with Gasteiger partial charge >= 0.3 is 5.97 Å². The maximum Gasteiger partial charge on any atom is 0.354 e. The van der Waals surface area contributed by atoms with Gasteiger partial charge in [-0.25, -0.2) is 9.64 Å². The van der Waals surface area contributed by atoms with Crippen LogP contribution in [0.4, 0.5) is 5.69 Å². The van der Waals surface area contributed by atoms with E-state index in [4.69, 9.17) is 11.3 Å². The van der Waals surface area contributed by atoms with Crippen molar-refractivity contribution in [2.24, 2.45) is 7.05 Å². The summed E-state index contributed by atoms with van der Waals surface area (Å²) in [6.07, 6.45) is 0.633. The number of nitriles is 1. The first kappa shape index (κ1) is 19.9. The van der Waals surface area contributed by atoms with E-state index in [2.05, 4.69) is 10.9 Å². The number of hydrogen-bond acceptors (Lipinski definition) is 3. The van der Waals surface area contributed by atoms with Gasteiger partial charge in [-0.2, -0.15) is 5.26 Å². The highest BCUT2D eigenvalue weighted by atomic mass is 16.5. The zero-order valence-corrected chi connectivity index (χ0v) is 16.7. The molecule has 0 aliphatic heterocycles. The third kappa shape index (κ3) is 3.51. The minimum absolute atomic E-state index is 0.266. The largest absolute Gasteiger partial charge is 0.461 e. The van der Waals surface area contributed by atoms with Crippen molar-refractivity contribution in [3.05, 3.63) is 76.9 Å². The van der Waals surface area contributed by atoms with Gasteiger partial charge < -0.3 is 9.30 Å². The average molecular weight is 383 g/mol. The fraction of sp³-hybridized carbons (Fsp3) is 0.208. The van der Waals surface area contributed by atoms with Crippen molar-refractivity contribution in [2.45, 2.75) is 20.3 Å². The molecule has 5 heteroatoms. The lowest BCUT2D eigenvalue weighted by atomic mass is 9.96. The number of esters is 1. The number of benzene rings is 2. The Morgan fingerprint density at radius 1 is 1.14 bits per heavy atom. The normalized spacial score (nSPS) is 10.2. The molecule has 0 spiro atoms. The number of carbonyl (C=O) groups excluding carboxylic acids is 1. The molecule has 0 fully saturated rings. The van der Waals surface area contributed by atoms with Gasteiger partial charge in [0.05, 0.1) is 24.8 Å². The van der Waals surface area contributed by atoms with E-state index in [1.54, 1.807) is 24.6 Å². The number of rotatable bonds is 5. The van der Waals surface area contributed by atoms with Crippen LogP contribution in [-0.2, 0) is 18.2 Å². The highest BCUT2D eigenvalue weighted by molar-refractivity contribution is 6.01. The Morgan fingerprint density at radius 3 is 2.38 bits per heavy atom. The van der Waals surface area contributed by atoms with Crippen LogP contribution >= 0.6 is 0 Å². The molecule has 0 aliphatic carbocycles. The quantitative estimate of drug-likeness (QED) is 0.430. The van der Waals surface area contributed by atoms with Gasteiger partial charge in [0.1, 0.15) is 5.69 Å². The monoisotopic (exact) mass is 383 g/mol. The number of aromatic nitrogens is 1. The first-order valence-electron chi connectivity index (χ1n) is 9.43. The van der Waals surface area contributed by atoms with E-state index in [0.717, 1.165) is 22.4 Å². The maximum atomic E-state index is 12.6. The van der Waals surface area contributed by atoms with Crippen molar-refractivity contribution in [1.82, 2.24) is 4.57 Å². The molecule has 29 heavy (non-hydrogen) atoms. The van der Waals surface area contributed by atoms with Gasteiger partial charge in [-0.3, -0.25) is 0 Å². The zero-order chi connectivity index (χ0) is 21.0. The third-order valence-corrected chi connectivity index (χ3v) is 4.93. The van der Waals surface area contributed by atoms with Crippen LogP contribution in [0.3, 0.4) is 0 Å². The molecule has 1 aromatic heterocycles. The minimum atomic E-state index is -0.437. The van der Waals surface area contributed by atoms with E-state index in [0.29, 0.717) is 28.9 Å². The first-order chi connectivity index (χ1) is 14.1. The van der Waals surface area contributed by atoms with Crippen LogP contribution in [-0.4, -0.2) is 17.1 Å². The summed E-state index contributed by atoms with van der Waals surface area (Å²) in [5, 5.41) is 9.35. The summed E-state index contributed by atoms with van der Waals surface area (Å²) >= 11 is 0. The highest BCUT2D eigenvalue weighted by Crippen LogP contribution is 2.40. The molecule has 0 atom stereocenters. The van der Waals surface area contributed by atoms with E-state index in [1.807, 2.05) is 49.4 Å². The predicted octanol–water partition coefficient (Wildman–Crippen LogP) is 5.52. The van der Waals surface area contributed by atoms with Gasteiger partial charge in [0.15, 0.2) is 0 Å². The van der Waals surface area contributed by atoms with Gasteiger partial charge in [0.2, 0.25) is 5.69 Å². The molecule has 5 nitrogen and oxygen atoms in total. The Bertz CT molecular complexity index is 1140. The summed E-state index contributed by atoms with van der Waals surface area (Å²) < 4.78 is 7.02. The summed E-state index contributed by atoms with van der Waals surface area (Å²) in [6, 6.07) is 17.2. The molecule has 0 saturated carbocycles. The highest BCUT2D eigenvalue weighted by Gasteiger charge is 2.26. The Balaban J connectivity index is 2.17. The van der Waals surface area contributed by atoms with E-state index in [-0.39, 0.29) is 6.61 Å². The van der Waals surface area contributed by atoms with Crippen molar-refractivity contribution >= 4 is 11.7 Å². The second-order valence-corrected chi connectivity index (χ2v) is 6.50. The van der Waals surface area contributed by atoms with Gasteiger partial charge in [-0.1, -0.05) is 49.4 Å². The number of carbonyl (C=O) groups is 1. The summed E-state index contributed by atoms with van der Waals surface area (Å²) in [7, 11) is 1.79. The number of nitrogens with zero attached hydrogens (tertiary/aromatic N) is 3. The second kappa shape index (κ2) is 8.46. The molecule has 3 aromatic rings. The molecule has 0 radical (unpaired) electrons. The smallest absolute Gasteiger partial charge is 0.354 e. The summed E-state index contributed by atoms with van der Waals surface area (Å²) in [5.74, 6) is -0.437. The van der Waals surface area contributed by atoms with Crippen LogP contribution in [0, 0.1) is 17.9 Å². The van der Waals surface area contributed by atoms with Gasteiger partial charge in [0, 0.05) is 18.3 Å². The summed E-state index contributed by atoms with van der Waals surface area (Å²) in [5.41, 5.74) is 5.38. The first-order valence-corrected chi connectivity index (χ1v) is 9.43. The van der Waals surface area contributed by atoms with E-state index in [9.17, 15) is 10.1 Å². The molecule has 0 bridgehead atoms. The molecule has 0 saturated heterocycles. The van der Waals surface area contributed by atoms with Crippen LogP contribution in [0.15, 0.2) is 48.5 Å². The number of ether oxygens (including phenoxy) is 1. The lowest BCUT2D eigenvalue weighted by molar-refractivity contribution is 0.0516. The second-order valence-electron chi connectivity index (χ2n) is 6.50. The fourth-order valence-corrected chi connectivity index (χ4v) is 3.60. The summed E-state index contributed by atoms with van der Waals surface area (Å²) in [6.45, 7) is 11.7. The van der Waals surface area contributed by atoms with Crippen molar-refractivity contribution in [3.63, 3.8) is 0 Å². The Hall–Kier alpha value is -3.83. The van der Waals surface area contributed by atoms with Crippen molar-refractivity contribution in [1.29, 1.82) is 5.26 Å². The average Bonchev–Trinajstić information content (AvgIpc) is 3.05. The lowest BCUT2D eigenvalue weighted by Gasteiger charge is -2.10. The SMILES string of the molecule is [C-]#[N+]c1c(-c2ccc(-c3ccccc3C#N)cc2)c(C(=O)OCC)n(C)c1CC. The third-order valence-electron chi connectivity index (χ3n) is 4.93. The van der Waals surface area contributed by atoms with Gasteiger partial charge in [-0.05, 0) is 36.1 Å². The Kier molecular flexibility index (Phi) is 5.81. The molecule has 0 N–H and O–H groups in total. The van der Waals surface area contributed by atoms with Crippen LogP contribution < -0.4 is 0 Å². The zero-order valence-electron chi connectivity index (χ0n) is 16.7. The van der Waals surface area contributed by atoms with E-state index in [1.165, 1.54) is 0 Å². The molecule has 0 aliphatic rings. The van der Waals surface area contributed by atoms with Crippen molar-refractivity contribution in [3.8, 4) is 28.3 Å². The minimum Gasteiger partial charge on any atom is -0.461 e. The van der Waals surface area contributed by atoms with Crippen LogP contribution in [0.25, 0.3) is 27.1 Å². The van der Waals surface area contributed by atoms with E-state index < -0.39 is 5.97 Å². The lowest BCUT2D eigenvalue weighted by Crippen LogP contribution is -2.12. The number of hydrogen-bond donors (Lipinski definition) is 0. The molecule has 1 heterocycles. The van der Waals surface area contributed by atoms with Crippen LogP contribution in [0.5, 0.6) is 0 Å². The molecule has 0 unspecified atom stereocenters. The fourth-order valence-electron chi connectivity index (χ4n) is 3.60. The molecular weight excluding hydrogens is 362 g/mol.